The smallest absolute Gasteiger partial charge is 0.227 e. The first-order valence-corrected chi connectivity index (χ1v) is 8.87. The van der Waals surface area contributed by atoms with E-state index in [9.17, 15) is 4.79 Å². The van der Waals surface area contributed by atoms with Crippen molar-refractivity contribution in [3.63, 3.8) is 0 Å². The fourth-order valence-electron chi connectivity index (χ4n) is 4.04. The maximum atomic E-state index is 12.5. The van der Waals surface area contributed by atoms with Crippen LogP contribution in [0.2, 0.25) is 0 Å². The molecule has 0 aromatic heterocycles. The number of nitrogens with zero attached hydrogens (tertiary/aromatic N) is 1. The second kappa shape index (κ2) is 6.37. The molecule has 24 heavy (non-hydrogen) atoms. The number of fused-ring (bicyclic) bond motifs is 1. The molecule has 5 heteroatoms. The second-order valence-corrected chi connectivity index (χ2v) is 7.20. The zero-order valence-electron chi connectivity index (χ0n) is 14.3. The molecular weight excluding hydrogens is 306 g/mol. The van der Waals surface area contributed by atoms with Gasteiger partial charge in [0.15, 0.2) is 0 Å². The Labute approximate surface area is 142 Å². The van der Waals surface area contributed by atoms with Crippen LogP contribution in [0.25, 0.3) is 0 Å². The van der Waals surface area contributed by atoms with Crippen LogP contribution in [0.3, 0.4) is 0 Å². The summed E-state index contributed by atoms with van der Waals surface area (Å²) in [5, 5.41) is 0. The average molecular weight is 331 g/mol. The van der Waals surface area contributed by atoms with E-state index in [0.717, 1.165) is 50.2 Å². The summed E-state index contributed by atoms with van der Waals surface area (Å²) >= 11 is 0. The van der Waals surface area contributed by atoms with Gasteiger partial charge in [-0.05, 0) is 36.5 Å². The van der Waals surface area contributed by atoms with Crippen molar-refractivity contribution in [2.75, 3.05) is 33.4 Å². The van der Waals surface area contributed by atoms with Crippen molar-refractivity contribution in [3.05, 3.63) is 29.3 Å². The van der Waals surface area contributed by atoms with Gasteiger partial charge in [-0.3, -0.25) is 4.79 Å². The number of carbonyl (C=O) groups is 1. The molecule has 0 N–H and O–H groups in total. The van der Waals surface area contributed by atoms with Crippen molar-refractivity contribution >= 4 is 5.91 Å². The first kappa shape index (κ1) is 15.9. The van der Waals surface area contributed by atoms with E-state index < -0.39 is 0 Å². The number of hydrogen-bond donors (Lipinski definition) is 0. The van der Waals surface area contributed by atoms with Crippen LogP contribution in [0.5, 0.6) is 5.75 Å². The average Bonchev–Trinajstić information content (AvgIpc) is 2.59. The third-order valence-corrected chi connectivity index (χ3v) is 5.42. The van der Waals surface area contributed by atoms with E-state index in [0.29, 0.717) is 19.5 Å². The molecule has 2 saturated heterocycles. The Kier molecular flexibility index (Phi) is 4.22. The molecule has 4 rings (SSSR count). The SMILES string of the molecule is COC1CCOC2(C1)CN(C(=O)Cc1ccc3c(c1)CCCO3)C2. The fraction of sp³-hybridized carbons (Fsp3) is 0.632. The van der Waals surface area contributed by atoms with Gasteiger partial charge in [0.05, 0.1) is 32.2 Å². The zero-order valence-corrected chi connectivity index (χ0v) is 14.3. The van der Waals surface area contributed by atoms with E-state index in [1.165, 1.54) is 5.56 Å². The Balaban J connectivity index is 1.35. The van der Waals surface area contributed by atoms with E-state index in [-0.39, 0.29) is 17.6 Å². The highest BCUT2D eigenvalue weighted by atomic mass is 16.5. The summed E-state index contributed by atoms with van der Waals surface area (Å²) in [6, 6.07) is 6.14. The summed E-state index contributed by atoms with van der Waals surface area (Å²) in [6.45, 7) is 2.91. The lowest BCUT2D eigenvalue weighted by atomic mass is 9.84. The molecule has 1 unspecified atom stereocenters. The summed E-state index contributed by atoms with van der Waals surface area (Å²) in [5.41, 5.74) is 2.13. The van der Waals surface area contributed by atoms with Gasteiger partial charge in [-0.25, -0.2) is 0 Å². The molecule has 1 aromatic rings. The standard InChI is InChI=1S/C19H25NO4/c1-22-16-6-8-24-19(11-16)12-20(13-19)18(21)10-14-4-5-17-15(9-14)3-2-7-23-17/h4-5,9,16H,2-3,6-8,10-13H2,1H3. The molecule has 0 radical (unpaired) electrons. The van der Waals surface area contributed by atoms with Crippen molar-refractivity contribution in [2.45, 2.75) is 43.8 Å². The molecule has 1 amide bonds. The third kappa shape index (κ3) is 3.03. The number of hydrogen-bond acceptors (Lipinski definition) is 4. The molecule has 3 aliphatic rings. The minimum absolute atomic E-state index is 0.168. The molecule has 1 spiro atoms. The minimum Gasteiger partial charge on any atom is -0.493 e. The lowest BCUT2D eigenvalue weighted by Crippen LogP contribution is -2.67. The van der Waals surface area contributed by atoms with Gasteiger partial charge in [0.1, 0.15) is 11.4 Å². The summed E-state index contributed by atoms with van der Waals surface area (Å²) in [6.07, 6.45) is 4.65. The molecule has 3 heterocycles. The summed E-state index contributed by atoms with van der Waals surface area (Å²) in [5.74, 6) is 1.15. The maximum Gasteiger partial charge on any atom is 0.227 e. The number of carbonyl (C=O) groups excluding carboxylic acids is 1. The number of rotatable bonds is 3. The molecule has 5 nitrogen and oxygen atoms in total. The maximum absolute atomic E-state index is 12.5. The van der Waals surface area contributed by atoms with Gasteiger partial charge in [0.25, 0.3) is 0 Å². The van der Waals surface area contributed by atoms with Crippen LogP contribution in [0.1, 0.15) is 30.4 Å². The largest absolute Gasteiger partial charge is 0.493 e. The van der Waals surface area contributed by atoms with Gasteiger partial charge in [-0.1, -0.05) is 12.1 Å². The van der Waals surface area contributed by atoms with Crippen molar-refractivity contribution in [1.29, 1.82) is 0 Å². The van der Waals surface area contributed by atoms with E-state index in [4.69, 9.17) is 14.2 Å². The van der Waals surface area contributed by atoms with Crippen LogP contribution in [-0.4, -0.2) is 55.9 Å². The lowest BCUT2D eigenvalue weighted by Gasteiger charge is -2.53. The quantitative estimate of drug-likeness (QED) is 0.849. The number of likely N-dealkylation sites (tertiary alicyclic amines) is 1. The Hall–Kier alpha value is -1.59. The zero-order chi connectivity index (χ0) is 16.6. The third-order valence-electron chi connectivity index (χ3n) is 5.42. The van der Waals surface area contributed by atoms with Gasteiger partial charge >= 0.3 is 0 Å². The Morgan fingerprint density at radius 3 is 3.08 bits per heavy atom. The highest BCUT2D eigenvalue weighted by Crippen LogP contribution is 2.35. The molecule has 0 saturated carbocycles. The highest BCUT2D eigenvalue weighted by Gasteiger charge is 2.49. The van der Waals surface area contributed by atoms with Gasteiger partial charge in [0, 0.05) is 20.1 Å². The summed E-state index contributed by atoms with van der Waals surface area (Å²) in [4.78, 5) is 14.5. The van der Waals surface area contributed by atoms with Crippen molar-refractivity contribution in [2.24, 2.45) is 0 Å². The van der Waals surface area contributed by atoms with E-state index in [2.05, 4.69) is 6.07 Å². The molecule has 2 fully saturated rings. The summed E-state index contributed by atoms with van der Waals surface area (Å²) in [7, 11) is 1.76. The van der Waals surface area contributed by atoms with Crippen LogP contribution in [0.4, 0.5) is 0 Å². The number of ether oxygens (including phenoxy) is 3. The topological polar surface area (TPSA) is 48.0 Å². The predicted molar refractivity (Wildman–Crippen MR) is 89.3 cm³/mol. The van der Waals surface area contributed by atoms with E-state index in [1.54, 1.807) is 7.11 Å². The minimum atomic E-state index is -0.168. The van der Waals surface area contributed by atoms with E-state index in [1.807, 2.05) is 17.0 Å². The fourth-order valence-corrected chi connectivity index (χ4v) is 4.04. The van der Waals surface area contributed by atoms with Gasteiger partial charge in [-0.15, -0.1) is 0 Å². The number of aryl methyl sites for hydroxylation is 1. The monoisotopic (exact) mass is 331 g/mol. The van der Waals surface area contributed by atoms with Crippen molar-refractivity contribution in [1.82, 2.24) is 4.90 Å². The van der Waals surface area contributed by atoms with Gasteiger partial charge in [-0.2, -0.15) is 0 Å². The molecule has 3 aliphatic heterocycles. The normalized spacial score (nSPS) is 24.9. The first-order chi connectivity index (χ1) is 11.7. The van der Waals surface area contributed by atoms with Gasteiger partial charge < -0.3 is 19.1 Å². The second-order valence-electron chi connectivity index (χ2n) is 7.20. The van der Waals surface area contributed by atoms with Crippen LogP contribution in [0, 0.1) is 0 Å². The Morgan fingerprint density at radius 2 is 2.25 bits per heavy atom. The van der Waals surface area contributed by atoms with Crippen LogP contribution < -0.4 is 4.74 Å². The number of benzene rings is 1. The van der Waals surface area contributed by atoms with Crippen LogP contribution in [0.15, 0.2) is 18.2 Å². The Bertz CT molecular complexity index is 624. The molecule has 0 bridgehead atoms. The highest BCUT2D eigenvalue weighted by molar-refractivity contribution is 5.80. The number of amides is 1. The predicted octanol–water partition coefficient (Wildman–Crippen LogP) is 1.96. The van der Waals surface area contributed by atoms with Crippen molar-refractivity contribution in [3.8, 4) is 5.75 Å². The molecule has 1 atom stereocenters. The molecule has 0 aliphatic carbocycles. The van der Waals surface area contributed by atoms with Crippen LogP contribution in [-0.2, 0) is 27.1 Å². The molecule has 1 aromatic carbocycles. The first-order valence-electron chi connectivity index (χ1n) is 8.87. The van der Waals surface area contributed by atoms with Crippen molar-refractivity contribution < 1.29 is 19.0 Å². The molecular formula is C19H25NO4. The van der Waals surface area contributed by atoms with Crippen LogP contribution >= 0.6 is 0 Å². The molecule has 130 valence electrons. The van der Waals surface area contributed by atoms with E-state index >= 15 is 0 Å². The number of methoxy groups -OCH3 is 1. The Morgan fingerprint density at radius 1 is 1.38 bits per heavy atom. The lowest BCUT2D eigenvalue weighted by molar-refractivity contribution is -0.198. The summed E-state index contributed by atoms with van der Waals surface area (Å²) < 4.78 is 17.1. The van der Waals surface area contributed by atoms with Gasteiger partial charge in [0.2, 0.25) is 5.91 Å².